The summed E-state index contributed by atoms with van der Waals surface area (Å²) in [5, 5.41) is 1.51. The van der Waals surface area contributed by atoms with Gasteiger partial charge in [0, 0.05) is 11.1 Å². The summed E-state index contributed by atoms with van der Waals surface area (Å²) >= 11 is 0. The molecule has 1 amide bonds. The SMILES string of the molecule is C=C(C)C(=O)OCCC(=O)OCC(F)(F)OC(F)(F)C(F)(F)OC(F)(F)OC(F)(F)COC(=O)NCOC(=O)C(=C)C. The first kappa shape index (κ1) is 38.3. The Kier molecular flexibility index (Phi) is 13.7. The van der Waals surface area contributed by atoms with Gasteiger partial charge in [0.25, 0.3) is 0 Å². The van der Waals surface area contributed by atoms with Gasteiger partial charge >= 0.3 is 54.7 Å². The van der Waals surface area contributed by atoms with E-state index in [1.807, 2.05) is 0 Å². The van der Waals surface area contributed by atoms with Crippen LogP contribution < -0.4 is 5.32 Å². The van der Waals surface area contributed by atoms with Crippen LogP contribution in [0.3, 0.4) is 0 Å². The summed E-state index contributed by atoms with van der Waals surface area (Å²) in [4.78, 5) is 44.6. The molecule has 0 unspecified atom stereocenters. The van der Waals surface area contributed by atoms with Gasteiger partial charge in [-0.1, -0.05) is 13.2 Å². The molecule has 0 heterocycles. The van der Waals surface area contributed by atoms with Gasteiger partial charge in [-0.25, -0.2) is 28.6 Å². The van der Waals surface area contributed by atoms with Crippen LogP contribution in [0.1, 0.15) is 20.3 Å². The molecule has 0 saturated carbocycles. The van der Waals surface area contributed by atoms with Crippen molar-refractivity contribution in [2.24, 2.45) is 0 Å². The molecule has 0 saturated heterocycles. The zero-order valence-corrected chi connectivity index (χ0v) is 21.2. The Morgan fingerprint density at radius 3 is 1.62 bits per heavy atom. The molecule has 0 rings (SSSR count). The van der Waals surface area contributed by atoms with Crippen LogP contribution in [0.25, 0.3) is 0 Å². The highest BCUT2D eigenvalue weighted by atomic mass is 19.3. The van der Waals surface area contributed by atoms with Gasteiger partial charge in [-0.2, -0.15) is 35.1 Å². The fourth-order valence-electron chi connectivity index (χ4n) is 1.78. The van der Waals surface area contributed by atoms with Crippen molar-refractivity contribution in [1.82, 2.24) is 5.32 Å². The van der Waals surface area contributed by atoms with Crippen LogP contribution in [0.5, 0.6) is 0 Å². The van der Waals surface area contributed by atoms with E-state index < -0.39 is 87.7 Å². The average molecular weight is 641 g/mol. The van der Waals surface area contributed by atoms with E-state index in [1.165, 1.54) is 19.2 Å². The smallest absolute Gasteiger partial charge is 0.462 e. The predicted molar refractivity (Wildman–Crippen MR) is 110 cm³/mol. The van der Waals surface area contributed by atoms with Crippen molar-refractivity contribution >= 4 is 24.0 Å². The molecule has 0 radical (unpaired) electrons. The maximum absolute atomic E-state index is 13.6. The lowest BCUT2D eigenvalue weighted by Gasteiger charge is -2.31. The second-order valence-corrected chi connectivity index (χ2v) is 7.51. The van der Waals surface area contributed by atoms with Gasteiger partial charge in [-0.15, -0.1) is 8.78 Å². The van der Waals surface area contributed by atoms with Gasteiger partial charge in [-0.3, -0.25) is 10.1 Å². The van der Waals surface area contributed by atoms with E-state index in [1.54, 1.807) is 0 Å². The number of nitrogens with one attached hydrogen (secondary N) is 1. The molecule has 0 spiro atoms. The number of alkyl halides is 10. The first-order valence-corrected chi connectivity index (χ1v) is 10.5. The minimum atomic E-state index is -6.82. The summed E-state index contributed by atoms with van der Waals surface area (Å²) in [7, 11) is 0. The van der Waals surface area contributed by atoms with Crippen LogP contribution in [0, 0.1) is 0 Å². The molecule has 0 aromatic carbocycles. The highest BCUT2D eigenvalue weighted by Gasteiger charge is 2.69. The average Bonchev–Trinajstić information content (AvgIpc) is 2.79. The fraction of sp³-hybridized carbons (Fsp3) is 0.600. The molecule has 1 N–H and O–H groups in total. The molecular weight excluding hydrogens is 620 g/mol. The summed E-state index contributed by atoms with van der Waals surface area (Å²) in [5.74, 6) is -3.71. The minimum Gasteiger partial charge on any atom is -0.462 e. The van der Waals surface area contributed by atoms with E-state index in [0.29, 0.717) is 0 Å². The van der Waals surface area contributed by atoms with Crippen molar-refractivity contribution in [2.75, 3.05) is 26.6 Å². The number of esters is 3. The van der Waals surface area contributed by atoms with Crippen molar-refractivity contribution < 1.29 is 96.2 Å². The molecule has 0 aliphatic rings. The highest BCUT2D eigenvalue weighted by molar-refractivity contribution is 5.87. The third-order valence-electron chi connectivity index (χ3n) is 3.56. The number of ether oxygens (including phenoxy) is 7. The van der Waals surface area contributed by atoms with E-state index in [9.17, 15) is 63.1 Å². The number of hydrogen-bond acceptors (Lipinski definition) is 11. The van der Waals surface area contributed by atoms with Crippen LogP contribution in [0.2, 0.25) is 0 Å². The van der Waals surface area contributed by atoms with E-state index in [0.717, 1.165) is 0 Å². The first-order valence-electron chi connectivity index (χ1n) is 10.5. The number of halogens is 10. The lowest BCUT2D eigenvalue weighted by molar-refractivity contribution is -0.566. The first-order chi connectivity index (χ1) is 18.8. The van der Waals surface area contributed by atoms with Crippen LogP contribution in [0.4, 0.5) is 48.7 Å². The van der Waals surface area contributed by atoms with Crippen LogP contribution in [0.15, 0.2) is 24.3 Å². The van der Waals surface area contributed by atoms with Crippen molar-refractivity contribution in [3.8, 4) is 0 Å². The Bertz CT molecular complexity index is 1020. The standard InChI is InChI=1S/C20H21F10NO11/c1-10(2)13(33)36-6-5-12(32)37-7-16(21,22)40-18(25,26)19(27,28)42-20(29,30)41-17(23,24)8-38-15(35)31-9-39-14(34)11(3)4/h1,3,5-9H2,2,4H3,(H,31,35). The predicted octanol–water partition coefficient (Wildman–Crippen LogP) is 3.81. The molecule has 0 fully saturated rings. The third kappa shape index (κ3) is 14.8. The largest absolute Gasteiger partial charge is 0.495 e. The van der Waals surface area contributed by atoms with Gasteiger partial charge < -0.3 is 18.9 Å². The van der Waals surface area contributed by atoms with Gasteiger partial charge in [0.15, 0.2) is 19.9 Å². The second-order valence-electron chi connectivity index (χ2n) is 7.51. The number of alkyl carbamates (subject to hydrolysis) is 1. The third-order valence-corrected chi connectivity index (χ3v) is 3.56. The maximum atomic E-state index is 13.6. The zero-order valence-electron chi connectivity index (χ0n) is 21.2. The van der Waals surface area contributed by atoms with E-state index in [-0.39, 0.29) is 11.1 Å². The molecule has 0 aromatic heterocycles. The maximum Gasteiger partial charge on any atom is 0.495 e. The highest BCUT2D eigenvalue weighted by Crippen LogP contribution is 2.44. The van der Waals surface area contributed by atoms with Gasteiger partial charge in [0.1, 0.15) is 6.61 Å². The summed E-state index contributed by atoms with van der Waals surface area (Å²) in [6.45, 7) is 1.97. The van der Waals surface area contributed by atoms with Gasteiger partial charge in [0.05, 0.1) is 6.42 Å². The van der Waals surface area contributed by atoms with Crippen molar-refractivity contribution in [3.63, 3.8) is 0 Å². The monoisotopic (exact) mass is 641 g/mol. The molecule has 0 aliphatic heterocycles. The van der Waals surface area contributed by atoms with E-state index in [2.05, 4.69) is 46.3 Å². The topological polar surface area (TPSA) is 145 Å². The Hall–Kier alpha value is -3.66. The molecule has 12 nitrogen and oxygen atoms in total. The lowest BCUT2D eigenvalue weighted by Crippen LogP contribution is -2.54. The van der Waals surface area contributed by atoms with Crippen molar-refractivity contribution in [2.45, 2.75) is 51.0 Å². The van der Waals surface area contributed by atoms with Crippen LogP contribution in [-0.4, -0.2) is 81.3 Å². The Morgan fingerprint density at radius 2 is 1.10 bits per heavy atom. The normalized spacial score (nSPS) is 12.7. The fourth-order valence-corrected chi connectivity index (χ4v) is 1.78. The van der Waals surface area contributed by atoms with Crippen LogP contribution in [-0.2, 0) is 47.5 Å². The molecule has 0 aliphatic carbocycles. The van der Waals surface area contributed by atoms with E-state index >= 15 is 0 Å². The van der Waals surface area contributed by atoms with Crippen LogP contribution >= 0.6 is 0 Å². The number of carbonyl (C=O) groups is 4. The number of hydrogen-bond donors (Lipinski definition) is 1. The number of amides is 1. The van der Waals surface area contributed by atoms with Crippen molar-refractivity contribution in [3.05, 3.63) is 24.3 Å². The summed E-state index contributed by atoms with van der Waals surface area (Å²) in [6, 6.07) is 0. The summed E-state index contributed by atoms with van der Waals surface area (Å²) in [6.07, 6.45) is -33.6. The summed E-state index contributed by atoms with van der Waals surface area (Å²) in [5.41, 5.74) is -0.270. The van der Waals surface area contributed by atoms with Gasteiger partial charge in [0.2, 0.25) is 0 Å². The summed E-state index contributed by atoms with van der Waals surface area (Å²) < 4.78 is 158. The Balaban J connectivity index is 4.98. The zero-order chi connectivity index (χ0) is 33.2. The molecule has 0 bridgehead atoms. The van der Waals surface area contributed by atoms with Crippen molar-refractivity contribution in [1.29, 1.82) is 0 Å². The second kappa shape index (κ2) is 15.0. The molecule has 0 aromatic rings. The minimum absolute atomic E-state index is 0.121. The Labute approximate surface area is 228 Å². The molecule has 242 valence electrons. The lowest BCUT2D eigenvalue weighted by atomic mass is 10.4. The number of rotatable bonds is 18. The van der Waals surface area contributed by atoms with Gasteiger partial charge in [-0.05, 0) is 13.8 Å². The number of carbonyl (C=O) groups excluding carboxylic acids is 4. The quantitative estimate of drug-likeness (QED) is 0.0767. The van der Waals surface area contributed by atoms with E-state index in [4.69, 9.17) is 0 Å². The molecular formula is C20H21F10NO11. The molecule has 0 atom stereocenters. The molecule has 22 heteroatoms. The Morgan fingerprint density at radius 1 is 0.643 bits per heavy atom. The molecule has 42 heavy (non-hydrogen) atoms.